The Morgan fingerprint density at radius 2 is 2.12 bits per heavy atom. The average molecular weight is 235 g/mol. The van der Waals surface area contributed by atoms with Crippen LogP contribution in [-0.2, 0) is 0 Å². The number of halogens is 3. The Kier molecular flexibility index (Phi) is 4.00. The van der Waals surface area contributed by atoms with E-state index in [9.17, 15) is 13.2 Å². The summed E-state index contributed by atoms with van der Waals surface area (Å²) >= 11 is 0. The van der Waals surface area contributed by atoms with Gasteiger partial charge >= 0.3 is 6.18 Å². The van der Waals surface area contributed by atoms with Crippen LogP contribution in [0.5, 0.6) is 5.75 Å². The lowest BCUT2D eigenvalue weighted by atomic mass is 10.2. The van der Waals surface area contributed by atoms with Gasteiger partial charge < -0.3 is 15.2 Å². The Morgan fingerprint density at radius 3 is 2.69 bits per heavy atom. The Labute approximate surface area is 90.8 Å². The summed E-state index contributed by atoms with van der Waals surface area (Å²) in [5, 5.41) is 11.2. The van der Waals surface area contributed by atoms with Gasteiger partial charge in [-0.2, -0.15) is 13.2 Å². The van der Waals surface area contributed by atoms with Crippen LogP contribution in [0, 0.1) is 0 Å². The molecule has 1 rings (SSSR count). The molecular weight excluding hydrogens is 223 g/mol. The van der Waals surface area contributed by atoms with Gasteiger partial charge in [0.05, 0.1) is 7.11 Å². The van der Waals surface area contributed by atoms with Crippen LogP contribution in [0.15, 0.2) is 24.3 Å². The van der Waals surface area contributed by atoms with Gasteiger partial charge in [-0.3, -0.25) is 0 Å². The second-order valence-corrected chi connectivity index (χ2v) is 3.17. The third-order valence-corrected chi connectivity index (χ3v) is 1.95. The maximum absolute atomic E-state index is 12.0. The Bertz CT molecular complexity index is 341. The molecule has 0 radical (unpaired) electrons. The van der Waals surface area contributed by atoms with E-state index in [-0.39, 0.29) is 0 Å². The topological polar surface area (TPSA) is 41.5 Å². The molecule has 1 unspecified atom stereocenters. The van der Waals surface area contributed by atoms with Gasteiger partial charge in [0.15, 0.2) is 6.10 Å². The molecule has 0 heterocycles. The highest BCUT2D eigenvalue weighted by Gasteiger charge is 2.37. The fourth-order valence-corrected chi connectivity index (χ4v) is 1.06. The zero-order chi connectivity index (χ0) is 12.2. The maximum atomic E-state index is 12.0. The molecule has 0 spiro atoms. The standard InChI is InChI=1S/C10H12F3NO2/c1-16-8-4-2-3-7(5-8)14-6-9(15)10(11,12)13/h2-5,9,14-15H,6H2,1H3. The summed E-state index contributed by atoms with van der Waals surface area (Å²) in [6, 6.07) is 6.45. The van der Waals surface area contributed by atoms with E-state index in [1.807, 2.05) is 0 Å². The van der Waals surface area contributed by atoms with Gasteiger partial charge in [0, 0.05) is 18.3 Å². The number of aliphatic hydroxyl groups excluding tert-OH is 1. The van der Waals surface area contributed by atoms with Crippen LogP contribution >= 0.6 is 0 Å². The molecule has 0 saturated carbocycles. The van der Waals surface area contributed by atoms with E-state index in [4.69, 9.17) is 9.84 Å². The number of rotatable bonds is 4. The maximum Gasteiger partial charge on any atom is 0.416 e. The molecule has 3 nitrogen and oxygen atoms in total. The average Bonchev–Trinajstić information content (AvgIpc) is 2.25. The molecule has 1 aromatic rings. The van der Waals surface area contributed by atoms with Gasteiger partial charge in [0.2, 0.25) is 0 Å². The number of nitrogens with one attached hydrogen (secondary N) is 1. The molecule has 0 aliphatic rings. The van der Waals surface area contributed by atoms with E-state index < -0.39 is 18.8 Å². The Balaban J connectivity index is 2.54. The molecule has 1 atom stereocenters. The van der Waals surface area contributed by atoms with Crippen molar-refractivity contribution in [2.45, 2.75) is 12.3 Å². The van der Waals surface area contributed by atoms with Crippen LogP contribution in [0.3, 0.4) is 0 Å². The van der Waals surface area contributed by atoms with Crippen molar-refractivity contribution in [3.63, 3.8) is 0 Å². The van der Waals surface area contributed by atoms with Gasteiger partial charge in [-0.05, 0) is 12.1 Å². The van der Waals surface area contributed by atoms with Gasteiger partial charge in [0.25, 0.3) is 0 Å². The summed E-state index contributed by atoms with van der Waals surface area (Å²) in [6.07, 6.45) is -6.98. The second kappa shape index (κ2) is 5.07. The van der Waals surface area contributed by atoms with Crippen molar-refractivity contribution in [1.82, 2.24) is 0 Å². The highest BCUT2D eigenvalue weighted by molar-refractivity contribution is 5.48. The first-order valence-corrected chi connectivity index (χ1v) is 4.56. The smallest absolute Gasteiger partial charge is 0.416 e. The quantitative estimate of drug-likeness (QED) is 0.839. The van der Waals surface area contributed by atoms with Crippen molar-refractivity contribution in [3.8, 4) is 5.75 Å². The van der Waals surface area contributed by atoms with Crippen molar-refractivity contribution in [2.24, 2.45) is 0 Å². The highest BCUT2D eigenvalue weighted by Crippen LogP contribution is 2.21. The minimum absolute atomic E-state index is 0.461. The SMILES string of the molecule is COc1cccc(NCC(O)C(F)(F)F)c1. The number of ether oxygens (including phenoxy) is 1. The molecule has 0 aromatic heterocycles. The van der Waals surface area contributed by atoms with E-state index in [2.05, 4.69) is 5.32 Å². The van der Waals surface area contributed by atoms with Crippen molar-refractivity contribution >= 4 is 5.69 Å². The lowest BCUT2D eigenvalue weighted by Crippen LogP contribution is -2.34. The highest BCUT2D eigenvalue weighted by atomic mass is 19.4. The number of aliphatic hydroxyl groups is 1. The predicted octanol–water partition coefficient (Wildman–Crippen LogP) is 2.03. The first-order valence-electron chi connectivity index (χ1n) is 4.56. The van der Waals surface area contributed by atoms with Crippen molar-refractivity contribution < 1.29 is 23.0 Å². The molecule has 2 N–H and O–H groups in total. The lowest BCUT2D eigenvalue weighted by molar-refractivity contribution is -0.198. The predicted molar refractivity (Wildman–Crippen MR) is 53.5 cm³/mol. The normalized spacial score (nSPS) is 13.3. The minimum Gasteiger partial charge on any atom is -0.497 e. The molecule has 0 saturated heterocycles. The summed E-state index contributed by atoms with van der Waals surface area (Å²) in [5.74, 6) is 0.534. The van der Waals surface area contributed by atoms with E-state index in [0.717, 1.165) is 0 Å². The number of anilines is 1. The molecule has 0 aliphatic heterocycles. The molecule has 6 heteroatoms. The lowest BCUT2D eigenvalue weighted by Gasteiger charge is -2.15. The van der Waals surface area contributed by atoms with E-state index >= 15 is 0 Å². The number of hydrogen-bond donors (Lipinski definition) is 2. The second-order valence-electron chi connectivity index (χ2n) is 3.17. The molecular formula is C10H12F3NO2. The van der Waals surface area contributed by atoms with Crippen LogP contribution in [0.25, 0.3) is 0 Å². The van der Waals surface area contributed by atoms with Crippen molar-refractivity contribution in [1.29, 1.82) is 0 Å². The van der Waals surface area contributed by atoms with Crippen LogP contribution in [0.4, 0.5) is 18.9 Å². The summed E-state index contributed by atoms with van der Waals surface area (Å²) in [6.45, 7) is -0.587. The summed E-state index contributed by atoms with van der Waals surface area (Å²) in [5.41, 5.74) is 0.461. The molecule has 1 aromatic carbocycles. The number of benzene rings is 1. The number of hydrogen-bond acceptors (Lipinski definition) is 3. The molecule has 90 valence electrons. The van der Waals surface area contributed by atoms with E-state index in [1.54, 1.807) is 24.3 Å². The molecule has 16 heavy (non-hydrogen) atoms. The molecule has 0 fully saturated rings. The number of alkyl halides is 3. The summed E-state index contributed by atoms with van der Waals surface area (Å²) in [4.78, 5) is 0. The van der Waals surface area contributed by atoms with Crippen LogP contribution in [0.2, 0.25) is 0 Å². The summed E-state index contributed by atoms with van der Waals surface area (Å²) in [7, 11) is 1.46. The fraction of sp³-hybridized carbons (Fsp3) is 0.400. The Hall–Kier alpha value is -1.43. The largest absolute Gasteiger partial charge is 0.497 e. The van der Waals surface area contributed by atoms with Gasteiger partial charge in [-0.15, -0.1) is 0 Å². The van der Waals surface area contributed by atoms with Crippen LogP contribution in [-0.4, -0.2) is 31.0 Å². The third kappa shape index (κ3) is 3.62. The van der Waals surface area contributed by atoms with E-state index in [1.165, 1.54) is 7.11 Å². The molecule has 0 amide bonds. The van der Waals surface area contributed by atoms with Crippen LogP contribution < -0.4 is 10.1 Å². The first-order chi connectivity index (χ1) is 7.43. The monoisotopic (exact) mass is 235 g/mol. The molecule has 0 bridgehead atoms. The van der Waals surface area contributed by atoms with Crippen molar-refractivity contribution in [2.75, 3.05) is 19.0 Å². The summed E-state index contributed by atoms with van der Waals surface area (Å²) < 4.78 is 40.9. The van der Waals surface area contributed by atoms with E-state index in [0.29, 0.717) is 11.4 Å². The van der Waals surface area contributed by atoms with Gasteiger partial charge in [-0.1, -0.05) is 6.07 Å². The first kappa shape index (κ1) is 12.6. The minimum atomic E-state index is -4.61. The van der Waals surface area contributed by atoms with Gasteiger partial charge in [-0.25, -0.2) is 0 Å². The fourth-order valence-electron chi connectivity index (χ4n) is 1.06. The van der Waals surface area contributed by atoms with Crippen molar-refractivity contribution in [3.05, 3.63) is 24.3 Å². The third-order valence-electron chi connectivity index (χ3n) is 1.95. The zero-order valence-corrected chi connectivity index (χ0v) is 8.58. The molecule has 0 aliphatic carbocycles. The zero-order valence-electron chi connectivity index (χ0n) is 8.58. The Morgan fingerprint density at radius 1 is 1.44 bits per heavy atom. The van der Waals surface area contributed by atoms with Crippen LogP contribution in [0.1, 0.15) is 0 Å². The van der Waals surface area contributed by atoms with Gasteiger partial charge in [0.1, 0.15) is 5.75 Å². The number of methoxy groups -OCH3 is 1.